The monoisotopic (exact) mass is 326 g/mol. The van der Waals surface area contributed by atoms with Crippen LogP contribution in [0.1, 0.15) is 27.2 Å². The van der Waals surface area contributed by atoms with Gasteiger partial charge < -0.3 is 0 Å². The Morgan fingerprint density at radius 3 is 2.74 bits per heavy atom. The molecule has 1 aromatic rings. The fourth-order valence-electron chi connectivity index (χ4n) is 2.59. The van der Waals surface area contributed by atoms with Crippen molar-refractivity contribution in [2.24, 2.45) is 5.41 Å². The van der Waals surface area contributed by atoms with Crippen molar-refractivity contribution in [3.05, 3.63) is 30.3 Å². The van der Waals surface area contributed by atoms with E-state index in [4.69, 9.17) is 0 Å². The van der Waals surface area contributed by atoms with Gasteiger partial charge in [-0.3, -0.25) is 0 Å². The van der Waals surface area contributed by atoms with Gasteiger partial charge in [-0.1, -0.05) is 0 Å². The molecule has 0 aliphatic carbocycles. The quantitative estimate of drug-likeness (QED) is 0.853. The number of hydrogen-bond acceptors (Lipinski definition) is 2. The second-order valence-corrected chi connectivity index (χ2v) is 8.24. The van der Waals surface area contributed by atoms with Gasteiger partial charge in [0.15, 0.2) is 0 Å². The number of amides is 1. The summed E-state index contributed by atoms with van der Waals surface area (Å²) in [6, 6.07) is 11.1. The maximum atomic E-state index is 11.3. The van der Waals surface area contributed by atoms with E-state index in [-0.39, 0.29) is 5.91 Å². The molecule has 1 fully saturated rings. The molecule has 1 amide bonds. The van der Waals surface area contributed by atoms with E-state index in [0.717, 1.165) is 18.3 Å². The first-order valence-corrected chi connectivity index (χ1v) is 8.75. The molecule has 1 saturated heterocycles. The molecule has 1 heterocycles. The fourth-order valence-corrected chi connectivity index (χ4v) is 4.76. The van der Waals surface area contributed by atoms with Crippen molar-refractivity contribution in [3.63, 3.8) is 0 Å². The van der Waals surface area contributed by atoms with Gasteiger partial charge in [-0.15, -0.1) is 0 Å². The third-order valence-electron chi connectivity index (χ3n) is 3.31. The standard InChI is InChI=1S/C15H22N2OSe/c1-12(18)16-17-11-15(2,3)9-13(17)10-19-14-7-5-4-6-8-14/h4-8,13H,9-11H2,1-3H3,(H,16,18). The van der Waals surface area contributed by atoms with E-state index >= 15 is 0 Å². The van der Waals surface area contributed by atoms with E-state index in [1.165, 1.54) is 4.46 Å². The second-order valence-electron chi connectivity index (χ2n) is 5.94. The summed E-state index contributed by atoms with van der Waals surface area (Å²) in [6.45, 7) is 7.08. The third-order valence-corrected chi connectivity index (χ3v) is 5.74. The van der Waals surface area contributed by atoms with Gasteiger partial charge in [0.05, 0.1) is 0 Å². The fraction of sp³-hybridized carbons (Fsp3) is 0.533. The Labute approximate surface area is 121 Å². The molecule has 1 N–H and O–H groups in total. The van der Waals surface area contributed by atoms with Crippen molar-refractivity contribution >= 4 is 25.3 Å². The number of rotatable bonds is 4. The Morgan fingerprint density at radius 1 is 1.42 bits per heavy atom. The third kappa shape index (κ3) is 4.34. The van der Waals surface area contributed by atoms with Crippen molar-refractivity contribution in [2.45, 2.75) is 38.6 Å². The number of nitrogens with zero attached hydrogens (tertiary/aromatic N) is 1. The molecule has 1 unspecified atom stereocenters. The summed E-state index contributed by atoms with van der Waals surface area (Å²) < 4.78 is 1.43. The van der Waals surface area contributed by atoms with Gasteiger partial charge in [0, 0.05) is 0 Å². The van der Waals surface area contributed by atoms with Crippen molar-refractivity contribution in [3.8, 4) is 0 Å². The Bertz CT molecular complexity index is 433. The summed E-state index contributed by atoms with van der Waals surface area (Å²) in [5.74, 6) is 0.0370. The number of hydrogen-bond donors (Lipinski definition) is 1. The SMILES string of the molecule is CC(=O)NN1CC(C)(C)CC1C[Se]c1ccccc1. The molecule has 1 aromatic carbocycles. The van der Waals surface area contributed by atoms with Gasteiger partial charge in [0.1, 0.15) is 0 Å². The predicted molar refractivity (Wildman–Crippen MR) is 79.3 cm³/mol. The average Bonchev–Trinajstić information content (AvgIpc) is 2.61. The van der Waals surface area contributed by atoms with Crippen LogP contribution in [-0.4, -0.2) is 38.5 Å². The first-order chi connectivity index (χ1) is 8.96. The molecule has 1 aliphatic heterocycles. The Balaban J connectivity index is 1.95. The van der Waals surface area contributed by atoms with E-state index in [0.29, 0.717) is 26.4 Å². The molecule has 1 aliphatic rings. The van der Waals surface area contributed by atoms with Gasteiger partial charge in [-0.05, 0) is 0 Å². The van der Waals surface area contributed by atoms with Crippen LogP contribution in [0, 0.1) is 5.41 Å². The molecule has 4 heteroatoms. The van der Waals surface area contributed by atoms with Gasteiger partial charge in [-0.2, -0.15) is 0 Å². The normalized spacial score (nSPS) is 22.4. The van der Waals surface area contributed by atoms with E-state index < -0.39 is 0 Å². The Hall–Kier alpha value is -0.831. The zero-order chi connectivity index (χ0) is 13.9. The van der Waals surface area contributed by atoms with Gasteiger partial charge in [0.2, 0.25) is 0 Å². The number of nitrogens with one attached hydrogen (secondary N) is 1. The number of carbonyl (C=O) groups excluding carboxylic acids is 1. The summed E-state index contributed by atoms with van der Waals surface area (Å²) in [5, 5.41) is 3.30. The molecule has 1 atom stereocenters. The molecule has 0 saturated carbocycles. The molecule has 0 spiro atoms. The molecule has 3 nitrogen and oxygen atoms in total. The zero-order valence-corrected chi connectivity index (χ0v) is 13.6. The van der Waals surface area contributed by atoms with Crippen LogP contribution >= 0.6 is 0 Å². The van der Waals surface area contributed by atoms with E-state index in [2.05, 4.69) is 54.6 Å². The van der Waals surface area contributed by atoms with Crippen molar-refractivity contribution in [1.82, 2.24) is 10.4 Å². The minimum absolute atomic E-state index is 0.0370. The van der Waals surface area contributed by atoms with Crippen LogP contribution < -0.4 is 9.89 Å². The number of carbonyl (C=O) groups is 1. The van der Waals surface area contributed by atoms with Crippen molar-refractivity contribution < 1.29 is 4.79 Å². The van der Waals surface area contributed by atoms with Gasteiger partial charge in [0.25, 0.3) is 0 Å². The second kappa shape index (κ2) is 6.08. The van der Waals surface area contributed by atoms with Gasteiger partial charge >= 0.3 is 121 Å². The van der Waals surface area contributed by atoms with Crippen LogP contribution in [0.5, 0.6) is 0 Å². The Morgan fingerprint density at radius 2 is 2.11 bits per heavy atom. The van der Waals surface area contributed by atoms with Crippen LogP contribution in [0.25, 0.3) is 0 Å². The zero-order valence-electron chi connectivity index (χ0n) is 11.8. The summed E-state index contributed by atoms with van der Waals surface area (Å²) >= 11 is 0.475. The summed E-state index contributed by atoms with van der Waals surface area (Å²) in [6.07, 6.45) is 1.15. The summed E-state index contributed by atoms with van der Waals surface area (Å²) in [7, 11) is 0. The topological polar surface area (TPSA) is 32.3 Å². The van der Waals surface area contributed by atoms with E-state index in [1.807, 2.05) is 0 Å². The molecule has 0 bridgehead atoms. The molecule has 0 radical (unpaired) electrons. The van der Waals surface area contributed by atoms with Crippen LogP contribution in [0.2, 0.25) is 5.32 Å². The van der Waals surface area contributed by atoms with Gasteiger partial charge in [-0.25, -0.2) is 0 Å². The summed E-state index contributed by atoms with van der Waals surface area (Å²) in [5.41, 5.74) is 3.28. The minimum atomic E-state index is 0.0370. The first-order valence-electron chi connectivity index (χ1n) is 6.68. The molecular formula is C15H22N2OSe. The van der Waals surface area contributed by atoms with Crippen molar-refractivity contribution in [2.75, 3.05) is 6.54 Å². The van der Waals surface area contributed by atoms with E-state index in [9.17, 15) is 4.79 Å². The Kier molecular flexibility index (Phi) is 4.67. The number of benzene rings is 1. The maximum absolute atomic E-state index is 11.3. The molecule has 0 aromatic heterocycles. The predicted octanol–water partition coefficient (Wildman–Crippen LogP) is 1.59. The molecular weight excluding hydrogens is 303 g/mol. The first kappa shape index (κ1) is 14.6. The molecule has 19 heavy (non-hydrogen) atoms. The van der Waals surface area contributed by atoms with Crippen LogP contribution in [0.4, 0.5) is 0 Å². The molecule has 2 rings (SSSR count). The van der Waals surface area contributed by atoms with Crippen LogP contribution in [0.3, 0.4) is 0 Å². The summed E-state index contributed by atoms with van der Waals surface area (Å²) in [4.78, 5) is 11.3. The van der Waals surface area contributed by atoms with Crippen molar-refractivity contribution in [1.29, 1.82) is 0 Å². The van der Waals surface area contributed by atoms with Crippen LogP contribution in [-0.2, 0) is 4.79 Å². The number of hydrazine groups is 1. The van der Waals surface area contributed by atoms with Crippen LogP contribution in [0.15, 0.2) is 30.3 Å². The van der Waals surface area contributed by atoms with E-state index in [1.54, 1.807) is 6.92 Å². The average molecular weight is 325 g/mol. The molecule has 104 valence electrons.